The molecule has 0 saturated heterocycles. The number of alkyl halides is 1. The van der Waals surface area contributed by atoms with Crippen LogP contribution >= 0.6 is 11.3 Å². The van der Waals surface area contributed by atoms with Gasteiger partial charge in [0.05, 0.1) is 27.0 Å². The molecule has 2 aromatic rings. The van der Waals surface area contributed by atoms with Crippen molar-refractivity contribution in [1.82, 2.24) is 15.2 Å². The third-order valence-electron chi connectivity index (χ3n) is 4.00. The Morgan fingerprint density at radius 3 is 2.74 bits per heavy atom. The molecule has 2 aromatic heterocycles. The zero-order valence-corrected chi connectivity index (χ0v) is 16.1. The molecule has 27 heavy (non-hydrogen) atoms. The number of pyridine rings is 1. The Balaban J connectivity index is 2.01. The first-order chi connectivity index (χ1) is 12.9. The predicted octanol–water partition coefficient (Wildman–Crippen LogP) is 2.46. The second-order valence-electron chi connectivity index (χ2n) is 5.87. The van der Waals surface area contributed by atoms with E-state index in [1.165, 1.54) is 20.4 Å². The Morgan fingerprint density at radius 2 is 2.07 bits per heavy atom. The minimum Gasteiger partial charge on any atom is -0.494 e. The number of nitrogens with one attached hydrogen (secondary N) is 1. The van der Waals surface area contributed by atoms with Gasteiger partial charge in [0, 0.05) is 22.5 Å². The Morgan fingerprint density at radius 1 is 1.30 bits per heavy atom. The van der Waals surface area contributed by atoms with Crippen LogP contribution in [-0.2, 0) is 4.79 Å². The van der Waals surface area contributed by atoms with Gasteiger partial charge in [0.25, 0.3) is 11.1 Å². The molecule has 0 aromatic carbocycles. The summed E-state index contributed by atoms with van der Waals surface area (Å²) in [5.74, 6) is -0.519. The number of nitrogens with zero attached hydrogens (tertiary/aromatic N) is 4. The Hall–Kier alpha value is -2.88. The zero-order valence-electron chi connectivity index (χ0n) is 15.2. The number of amides is 1. The number of aryl methyl sites for hydroxylation is 1. The molecule has 0 radical (unpaired) electrons. The van der Waals surface area contributed by atoms with E-state index >= 15 is 4.39 Å². The van der Waals surface area contributed by atoms with Crippen LogP contribution in [-0.4, -0.2) is 53.2 Å². The average molecular weight is 391 g/mol. The normalized spacial score (nSPS) is 19.1. The number of aliphatic imine (C=N–C) groups is 1. The third kappa shape index (κ3) is 3.65. The van der Waals surface area contributed by atoms with E-state index in [9.17, 15) is 4.79 Å². The fourth-order valence-corrected chi connectivity index (χ4v) is 3.19. The van der Waals surface area contributed by atoms with Crippen LogP contribution in [0.15, 0.2) is 23.3 Å². The summed E-state index contributed by atoms with van der Waals surface area (Å²) in [5.41, 5.74) is -0.513. The van der Waals surface area contributed by atoms with Crippen molar-refractivity contribution in [2.24, 2.45) is 4.99 Å². The summed E-state index contributed by atoms with van der Waals surface area (Å²) >= 11 is 0.999. The van der Waals surface area contributed by atoms with E-state index in [-0.39, 0.29) is 22.4 Å². The highest BCUT2D eigenvalue weighted by molar-refractivity contribution is 7.17. The Labute approximate surface area is 159 Å². The van der Waals surface area contributed by atoms with Crippen LogP contribution in [0.3, 0.4) is 0 Å². The molecule has 0 bridgehead atoms. The van der Waals surface area contributed by atoms with Gasteiger partial charge in [0.15, 0.2) is 0 Å². The van der Waals surface area contributed by atoms with E-state index in [1.807, 2.05) is 0 Å². The maximum Gasteiger partial charge on any atom is 0.295 e. The predicted molar refractivity (Wildman–Crippen MR) is 100 cm³/mol. The maximum atomic E-state index is 16.0. The molecule has 8 nitrogen and oxygen atoms in total. The van der Waals surface area contributed by atoms with Crippen LogP contribution in [0.5, 0.6) is 10.9 Å². The van der Waals surface area contributed by atoms with Gasteiger partial charge in [-0.15, -0.1) is 5.10 Å². The lowest BCUT2D eigenvalue weighted by Crippen LogP contribution is -2.44. The summed E-state index contributed by atoms with van der Waals surface area (Å²) in [7, 11) is 2.90. The number of hydrogen-bond acceptors (Lipinski definition) is 8. The summed E-state index contributed by atoms with van der Waals surface area (Å²) in [6, 6.07) is 1.68. The largest absolute Gasteiger partial charge is 0.494 e. The third-order valence-corrected chi connectivity index (χ3v) is 4.80. The van der Waals surface area contributed by atoms with Crippen molar-refractivity contribution in [2.75, 3.05) is 26.1 Å². The zero-order chi connectivity index (χ0) is 19.6. The van der Waals surface area contributed by atoms with E-state index in [1.54, 1.807) is 26.0 Å². The highest BCUT2D eigenvalue weighted by Crippen LogP contribution is 2.39. The molecular weight excluding hydrogens is 373 g/mol. The second kappa shape index (κ2) is 7.39. The molecule has 10 heteroatoms. The van der Waals surface area contributed by atoms with E-state index in [0.29, 0.717) is 22.7 Å². The molecule has 1 aliphatic heterocycles. The number of carbonyl (C=O) groups excluding carboxylic acids is 1. The second-order valence-corrected chi connectivity index (χ2v) is 6.81. The minimum absolute atomic E-state index is 0.136. The molecule has 3 heterocycles. The summed E-state index contributed by atoms with van der Waals surface area (Å²) in [6.45, 7) is 3.17. The number of anilines is 1. The number of hydrogen-bond donors (Lipinski definition) is 1. The number of rotatable bonds is 5. The SMILES string of the molecule is COc1nnc(NC(=O)C2(F)CN=C(C)C=C2c2cc(C)ncc2OC)s1. The van der Waals surface area contributed by atoms with Crippen molar-refractivity contribution in [3.63, 3.8) is 0 Å². The van der Waals surface area contributed by atoms with Crippen LogP contribution < -0.4 is 14.8 Å². The molecule has 1 atom stereocenters. The van der Waals surface area contributed by atoms with Crippen LogP contribution in [0.1, 0.15) is 18.2 Å². The van der Waals surface area contributed by atoms with Crippen LogP contribution in [0.2, 0.25) is 0 Å². The van der Waals surface area contributed by atoms with Crippen molar-refractivity contribution >= 4 is 33.7 Å². The van der Waals surface area contributed by atoms with Gasteiger partial charge in [0.1, 0.15) is 5.75 Å². The van der Waals surface area contributed by atoms with Gasteiger partial charge in [0.2, 0.25) is 10.8 Å². The van der Waals surface area contributed by atoms with E-state index in [2.05, 4.69) is 25.5 Å². The number of aromatic nitrogens is 3. The van der Waals surface area contributed by atoms with E-state index in [0.717, 1.165) is 11.3 Å². The average Bonchev–Trinajstić information content (AvgIpc) is 3.11. The maximum absolute atomic E-state index is 16.0. The topological polar surface area (TPSA) is 98.6 Å². The van der Waals surface area contributed by atoms with Gasteiger partial charge in [-0.1, -0.05) is 5.10 Å². The monoisotopic (exact) mass is 391 g/mol. The molecule has 0 fully saturated rings. The van der Waals surface area contributed by atoms with Crippen LogP contribution in [0.25, 0.3) is 5.57 Å². The molecule has 1 N–H and O–H groups in total. The molecule has 1 aliphatic rings. The van der Waals surface area contributed by atoms with Crippen LogP contribution in [0.4, 0.5) is 9.52 Å². The molecule has 142 valence electrons. The number of methoxy groups -OCH3 is 2. The smallest absolute Gasteiger partial charge is 0.295 e. The molecule has 0 aliphatic carbocycles. The number of dihydropyridines is 1. The summed E-state index contributed by atoms with van der Waals surface area (Å²) in [5, 5.41) is 10.3. The molecule has 0 spiro atoms. The van der Waals surface area contributed by atoms with Crippen LogP contribution in [0, 0.1) is 6.92 Å². The summed E-state index contributed by atoms with van der Waals surface area (Å²) in [6.07, 6.45) is 3.04. The van der Waals surface area contributed by atoms with Crippen molar-refractivity contribution in [2.45, 2.75) is 19.5 Å². The van der Waals surface area contributed by atoms with Crippen molar-refractivity contribution in [1.29, 1.82) is 0 Å². The number of ether oxygens (including phenoxy) is 2. The Bertz CT molecular complexity index is 942. The molecule has 1 amide bonds. The van der Waals surface area contributed by atoms with Gasteiger partial charge in [-0.05, 0) is 37.3 Å². The number of allylic oxidation sites excluding steroid dienone is 1. The van der Waals surface area contributed by atoms with Gasteiger partial charge in [-0.25, -0.2) is 4.39 Å². The first kappa shape index (κ1) is 18.9. The van der Waals surface area contributed by atoms with Gasteiger partial charge in [-0.2, -0.15) is 0 Å². The van der Waals surface area contributed by atoms with Crippen molar-refractivity contribution in [3.05, 3.63) is 29.6 Å². The first-order valence-electron chi connectivity index (χ1n) is 7.99. The summed E-state index contributed by atoms with van der Waals surface area (Å²) < 4.78 is 26.2. The highest BCUT2D eigenvalue weighted by atomic mass is 32.1. The number of halogens is 1. The lowest BCUT2D eigenvalue weighted by molar-refractivity contribution is -0.123. The molecule has 1 unspecified atom stereocenters. The van der Waals surface area contributed by atoms with E-state index in [4.69, 9.17) is 9.47 Å². The molecule has 0 saturated carbocycles. The molecule has 3 rings (SSSR count). The Kier molecular flexibility index (Phi) is 5.17. The summed E-state index contributed by atoms with van der Waals surface area (Å²) in [4.78, 5) is 21.1. The van der Waals surface area contributed by atoms with Gasteiger partial charge >= 0.3 is 0 Å². The highest BCUT2D eigenvalue weighted by Gasteiger charge is 2.46. The lowest BCUT2D eigenvalue weighted by Gasteiger charge is -2.29. The van der Waals surface area contributed by atoms with E-state index < -0.39 is 11.6 Å². The van der Waals surface area contributed by atoms with Crippen molar-refractivity contribution in [3.8, 4) is 10.9 Å². The molecular formula is C17H18FN5O3S. The van der Waals surface area contributed by atoms with Gasteiger partial charge in [-0.3, -0.25) is 20.1 Å². The number of carbonyl (C=O) groups is 1. The lowest BCUT2D eigenvalue weighted by atomic mass is 9.85. The van der Waals surface area contributed by atoms with Crippen molar-refractivity contribution < 1.29 is 18.7 Å². The standard InChI is InChI=1S/C17H18FN5O3S/c1-9-5-11(13(25-3)7-19-9)12-6-10(2)20-8-17(12,18)14(24)21-15-22-23-16(26-4)27-15/h5-7H,8H2,1-4H3,(H,21,22,24). The fraction of sp³-hybridized carbons (Fsp3) is 0.353. The minimum atomic E-state index is -2.40. The first-order valence-corrected chi connectivity index (χ1v) is 8.81. The van der Waals surface area contributed by atoms with Gasteiger partial charge < -0.3 is 9.47 Å². The fourth-order valence-electron chi connectivity index (χ4n) is 2.63. The quantitative estimate of drug-likeness (QED) is 0.841.